The van der Waals surface area contributed by atoms with Gasteiger partial charge in [-0.2, -0.15) is 0 Å². The Bertz CT molecular complexity index is 477. The molecule has 2 rings (SSSR count). The monoisotopic (exact) mass is 280 g/mol. The van der Waals surface area contributed by atoms with E-state index in [0.717, 1.165) is 18.6 Å². The predicted molar refractivity (Wildman–Crippen MR) is 72.1 cm³/mol. The highest BCUT2D eigenvalue weighted by Crippen LogP contribution is 2.29. The maximum Gasteiger partial charge on any atom is 0.318 e. The van der Waals surface area contributed by atoms with Crippen LogP contribution in [0, 0.1) is 0 Å². The van der Waals surface area contributed by atoms with Crippen molar-refractivity contribution >= 4 is 12.0 Å². The summed E-state index contributed by atoms with van der Waals surface area (Å²) in [6, 6.07) is 3.59. The molecule has 1 saturated carbocycles. The van der Waals surface area contributed by atoms with Gasteiger partial charge in [0.05, 0.1) is 19.2 Å². The Morgan fingerprint density at radius 2 is 2.20 bits per heavy atom. The number of rotatable bonds is 6. The molecule has 1 heterocycles. The van der Waals surface area contributed by atoms with Crippen LogP contribution in [0.2, 0.25) is 0 Å². The van der Waals surface area contributed by atoms with Gasteiger partial charge in [0.2, 0.25) is 0 Å². The second-order valence-corrected chi connectivity index (χ2v) is 5.82. The van der Waals surface area contributed by atoms with Crippen LogP contribution in [-0.4, -0.2) is 33.6 Å². The molecule has 0 atom stereocenters. The first-order chi connectivity index (χ1) is 9.37. The molecule has 0 aromatic carbocycles. The summed E-state index contributed by atoms with van der Waals surface area (Å²) in [6.07, 6.45) is 3.42. The Morgan fingerprint density at radius 1 is 1.50 bits per heavy atom. The van der Waals surface area contributed by atoms with Gasteiger partial charge in [-0.3, -0.25) is 4.79 Å². The molecule has 0 radical (unpaired) electrons. The Kier molecular flexibility index (Phi) is 4.01. The van der Waals surface area contributed by atoms with Gasteiger partial charge in [0.25, 0.3) is 0 Å². The normalized spacial score (nSPS) is 14.9. The number of urea groups is 1. The lowest BCUT2D eigenvalue weighted by Gasteiger charge is -2.29. The smallest absolute Gasteiger partial charge is 0.318 e. The zero-order chi connectivity index (χ0) is 14.8. The zero-order valence-corrected chi connectivity index (χ0v) is 11.8. The van der Waals surface area contributed by atoms with E-state index in [4.69, 9.17) is 9.52 Å². The first kappa shape index (κ1) is 14.4. The molecule has 1 aliphatic rings. The molecule has 0 spiro atoms. The van der Waals surface area contributed by atoms with Crippen LogP contribution in [0.5, 0.6) is 0 Å². The number of hydrogen-bond acceptors (Lipinski definition) is 3. The molecular formula is C14H20N2O4. The lowest BCUT2D eigenvalue weighted by molar-refractivity contribution is -0.138. The molecule has 1 aromatic heterocycles. The van der Waals surface area contributed by atoms with Gasteiger partial charge in [-0.15, -0.1) is 0 Å². The molecule has 1 fully saturated rings. The summed E-state index contributed by atoms with van der Waals surface area (Å²) in [5.74, 6) is -0.206. The van der Waals surface area contributed by atoms with Crippen molar-refractivity contribution in [2.75, 3.05) is 0 Å². The number of carboxylic acid groups (broad SMARTS) is 1. The van der Waals surface area contributed by atoms with Crippen molar-refractivity contribution in [2.24, 2.45) is 0 Å². The number of carboxylic acids is 1. The maximum atomic E-state index is 12.3. The number of nitrogens with one attached hydrogen (secondary N) is 1. The Labute approximate surface area is 117 Å². The number of carbonyl (C=O) groups is 2. The van der Waals surface area contributed by atoms with Crippen molar-refractivity contribution in [3.63, 3.8) is 0 Å². The van der Waals surface area contributed by atoms with Crippen LogP contribution in [0.25, 0.3) is 0 Å². The van der Waals surface area contributed by atoms with E-state index in [1.807, 2.05) is 6.07 Å². The zero-order valence-electron chi connectivity index (χ0n) is 11.8. The van der Waals surface area contributed by atoms with Crippen LogP contribution in [0.1, 0.15) is 38.9 Å². The minimum absolute atomic E-state index is 0.113. The van der Waals surface area contributed by atoms with E-state index in [2.05, 4.69) is 5.32 Å². The van der Waals surface area contributed by atoms with Crippen LogP contribution in [0.4, 0.5) is 4.79 Å². The SMILES string of the molecule is CC(C)(CC(=O)O)NC(=O)N(Cc1ccco1)C1CC1. The molecule has 2 N–H and O–H groups in total. The van der Waals surface area contributed by atoms with Crippen molar-refractivity contribution in [1.82, 2.24) is 10.2 Å². The van der Waals surface area contributed by atoms with Crippen molar-refractivity contribution in [3.05, 3.63) is 24.2 Å². The van der Waals surface area contributed by atoms with Gasteiger partial charge in [0, 0.05) is 11.6 Å². The van der Waals surface area contributed by atoms with Crippen molar-refractivity contribution in [3.8, 4) is 0 Å². The summed E-state index contributed by atoms with van der Waals surface area (Å²) < 4.78 is 5.27. The number of hydrogen-bond donors (Lipinski definition) is 2. The van der Waals surface area contributed by atoms with Gasteiger partial charge in [0.1, 0.15) is 5.76 Å². The fourth-order valence-electron chi connectivity index (χ4n) is 2.11. The van der Waals surface area contributed by atoms with E-state index in [-0.39, 0.29) is 18.5 Å². The predicted octanol–water partition coefficient (Wildman–Crippen LogP) is 2.21. The summed E-state index contributed by atoms with van der Waals surface area (Å²) in [5.41, 5.74) is -0.779. The van der Waals surface area contributed by atoms with E-state index in [1.54, 1.807) is 31.1 Å². The fraction of sp³-hybridized carbons (Fsp3) is 0.571. The standard InChI is InChI=1S/C14H20N2O4/c1-14(2,8-12(17)18)15-13(19)16(10-5-6-10)9-11-4-3-7-20-11/h3-4,7,10H,5-6,8-9H2,1-2H3,(H,15,19)(H,17,18). The molecule has 1 aliphatic carbocycles. The highest BCUT2D eigenvalue weighted by molar-refractivity contribution is 5.77. The molecule has 6 nitrogen and oxygen atoms in total. The highest BCUT2D eigenvalue weighted by Gasteiger charge is 2.35. The Hall–Kier alpha value is -1.98. The van der Waals surface area contributed by atoms with Crippen LogP contribution < -0.4 is 5.32 Å². The van der Waals surface area contributed by atoms with E-state index >= 15 is 0 Å². The van der Waals surface area contributed by atoms with Gasteiger partial charge in [0.15, 0.2) is 0 Å². The van der Waals surface area contributed by atoms with Crippen LogP contribution >= 0.6 is 0 Å². The lowest BCUT2D eigenvalue weighted by Crippen LogP contribution is -2.51. The third kappa shape index (κ3) is 4.01. The fourth-order valence-corrected chi connectivity index (χ4v) is 2.11. The second kappa shape index (κ2) is 5.56. The van der Waals surface area contributed by atoms with Gasteiger partial charge in [-0.25, -0.2) is 4.79 Å². The molecule has 110 valence electrons. The summed E-state index contributed by atoms with van der Waals surface area (Å²) in [6.45, 7) is 3.82. The summed E-state index contributed by atoms with van der Waals surface area (Å²) in [5, 5.41) is 11.6. The minimum atomic E-state index is -0.931. The molecule has 0 unspecified atom stereocenters. The van der Waals surface area contributed by atoms with E-state index < -0.39 is 11.5 Å². The Balaban J connectivity index is 1.98. The average Bonchev–Trinajstić information content (AvgIpc) is 3.00. The highest BCUT2D eigenvalue weighted by atomic mass is 16.4. The van der Waals surface area contributed by atoms with Crippen LogP contribution in [-0.2, 0) is 11.3 Å². The van der Waals surface area contributed by atoms with Gasteiger partial charge < -0.3 is 19.7 Å². The molecular weight excluding hydrogens is 260 g/mol. The summed E-state index contributed by atoms with van der Waals surface area (Å²) >= 11 is 0. The number of aliphatic carboxylic acids is 1. The first-order valence-electron chi connectivity index (χ1n) is 6.70. The first-order valence-corrected chi connectivity index (χ1v) is 6.70. The Morgan fingerprint density at radius 3 is 2.70 bits per heavy atom. The second-order valence-electron chi connectivity index (χ2n) is 5.82. The van der Waals surface area contributed by atoms with Crippen molar-refractivity contribution in [1.29, 1.82) is 0 Å². The van der Waals surface area contributed by atoms with Gasteiger partial charge in [-0.1, -0.05) is 0 Å². The van der Waals surface area contributed by atoms with Gasteiger partial charge in [-0.05, 0) is 38.8 Å². The molecule has 6 heteroatoms. The lowest BCUT2D eigenvalue weighted by atomic mass is 10.0. The average molecular weight is 280 g/mol. The summed E-state index contributed by atoms with van der Waals surface area (Å²) in [4.78, 5) is 24.8. The number of amides is 2. The van der Waals surface area contributed by atoms with E-state index in [9.17, 15) is 9.59 Å². The van der Waals surface area contributed by atoms with E-state index in [1.165, 1.54) is 0 Å². The van der Waals surface area contributed by atoms with E-state index in [0.29, 0.717) is 6.54 Å². The largest absolute Gasteiger partial charge is 0.481 e. The summed E-state index contributed by atoms with van der Waals surface area (Å²) in [7, 11) is 0. The quantitative estimate of drug-likeness (QED) is 0.837. The topological polar surface area (TPSA) is 82.8 Å². The molecule has 20 heavy (non-hydrogen) atoms. The third-order valence-electron chi connectivity index (χ3n) is 3.19. The maximum absolute atomic E-state index is 12.3. The molecule has 0 saturated heterocycles. The molecule has 2 amide bonds. The molecule has 1 aromatic rings. The number of carbonyl (C=O) groups excluding carboxylic acids is 1. The third-order valence-corrected chi connectivity index (χ3v) is 3.19. The van der Waals surface area contributed by atoms with Crippen LogP contribution in [0.15, 0.2) is 22.8 Å². The molecule has 0 aliphatic heterocycles. The minimum Gasteiger partial charge on any atom is -0.481 e. The molecule has 0 bridgehead atoms. The van der Waals surface area contributed by atoms with Crippen molar-refractivity contribution in [2.45, 2.75) is 51.2 Å². The van der Waals surface area contributed by atoms with Crippen LogP contribution in [0.3, 0.4) is 0 Å². The number of nitrogens with zero attached hydrogens (tertiary/aromatic N) is 1. The van der Waals surface area contributed by atoms with Crippen molar-refractivity contribution < 1.29 is 19.1 Å². The van der Waals surface area contributed by atoms with Gasteiger partial charge >= 0.3 is 12.0 Å². The number of furan rings is 1.